The third-order valence-corrected chi connectivity index (χ3v) is 3.74. The zero-order valence-electron chi connectivity index (χ0n) is 12.8. The predicted molar refractivity (Wildman–Crippen MR) is 77.8 cm³/mol. The van der Waals surface area contributed by atoms with Crippen LogP contribution in [0.2, 0.25) is 0 Å². The van der Waals surface area contributed by atoms with E-state index in [1.807, 2.05) is 14.1 Å². The van der Waals surface area contributed by atoms with Crippen molar-refractivity contribution in [3.8, 4) is 0 Å². The Morgan fingerprint density at radius 3 is 2.20 bits per heavy atom. The fourth-order valence-corrected chi connectivity index (χ4v) is 2.65. The van der Waals surface area contributed by atoms with Gasteiger partial charge in [0.25, 0.3) is 0 Å². The molecule has 0 spiro atoms. The summed E-state index contributed by atoms with van der Waals surface area (Å²) < 4.78 is 0. The number of aliphatic carboxylic acids is 1. The number of rotatable bonds is 7. The molecule has 0 aromatic rings. The summed E-state index contributed by atoms with van der Waals surface area (Å²) in [5, 5.41) is 9.00. The van der Waals surface area contributed by atoms with Crippen molar-refractivity contribution in [2.24, 2.45) is 0 Å². The van der Waals surface area contributed by atoms with E-state index >= 15 is 0 Å². The van der Waals surface area contributed by atoms with Crippen LogP contribution in [0, 0.1) is 0 Å². The first-order chi connectivity index (χ1) is 9.41. The van der Waals surface area contributed by atoms with Gasteiger partial charge in [0.15, 0.2) is 0 Å². The summed E-state index contributed by atoms with van der Waals surface area (Å²) in [4.78, 5) is 28.6. The molecule has 6 nitrogen and oxygen atoms in total. The summed E-state index contributed by atoms with van der Waals surface area (Å²) in [7, 11) is 5.75. The maximum absolute atomic E-state index is 12.4. The van der Waals surface area contributed by atoms with Crippen LogP contribution in [0.4, 0.5) is 4.79 Å². The normalized spacial score (nSPS) is 15.6. The molecule has 1 aliphatic carbocycles. The van der Waals surface area contributed by atoms with Crippen molar-refractivity contribution < 1.29 is 14.7 Å². The lowest BCUT2D eigenvalue weighted by molar-refractivity contribution is -0.138. The van der Waals surface area contributed by atoms with Crippen LogP contribution in [-0.2, 0) is 4.79 Å². The quantitative estimate of drug-likeness (QED) is 0.766. The van der Waals surface area contributed by atoms with Crippen molar-refractivity contribution in [2.45, 2.75) is 38.1 Å². The standard InChI is InChI=1S/C14H27N3O3/c1-15(2)9-6-10-16(3)14(20)17(11-13(18)19)12-7-4-5-8-12/h12H,4-11H2,1-3H3,(H,18,19). The molecule has 0 bridgehead atoms. The molecule has 0 aromatic heterocycles. The van der Waals surface area contributed by atoms with Gasteiger partial charge in [0.1, 0.15) is 6.54 Å². The van der Waals surface area contributed by atoms with Crippen molar-refractivity contribution >= 4 is 12.0 Å². The maximum atomic E-state index is 12.4. The van der Waals surface area contributed by atoms with E-state index in [1.165, 1.54) is 4.90 Å². The molecule has 1 N–H and O–H groups in total. The Morgan fingerprint density at radius 1 is 1.10 bits per heavy atom. The maximum Gasteiger partial charge on any atom is 0.323 e. The summed E-state index contributed by atoms with van der Waals surface area (Å²) in [6, 6.07) is -0.0621. The van der Waals surface area contributed by atoms with Gasteiger partial charge in [0.2, 0.25) is 0 Å². The highest BCUT2D eigenvalue weighted by molar-refractivity contribution is 5.80. The third-order valence-electron chi connectivity index (χ3n) is 3.74. The molecule has 0 aliphatic heterocycles. The van der Waals surface area contributed by atoms with Crippen LogP contribution >= 0.6 is 0 Å². The number of carbonyl (C=O) groups excluding carboxylic acids is 1. The van der Waals surface area contributed by atoms with Gasteiger partial charge in [0.05, 0.1) is 0 Å². The van der Waals surface area contributed by atoms with Crippen LogP contribution in [0.1, 0.15) is 32.1 Å². The molecule has 0 aromatic carbocycles. The van der Waals surface area contributed by atoms with Gasteiger partial charge in [-0.1, -0.05) is 12.8 Å². The van der Waals surface area contributed by atoms with E-state index in [0.29, 0.717) is 6.54 Å². The summed E-state index contributed by atoms with van der Waals surface area (Å²) in [6.45, 7) is 1.38. The van der Waals surface area contributed by atoms with Crippen molar-refractivity contribution in [3.63, 3.8) is 0 Å². The average Bonchev–Trinajstić information content (AvgIpc) is 2.87. The fraction of sp³-hybridized carbons (Fsp3) is 0.857. The molecule has 1 rings (SSSR count). The van der Waals surface area contributed by atoms with E-state index in [1.54, 1.807) is 11.9 Å². The number of amides is 2. The first-order valence-electron chi connectivity index (χ1n) is 7.30. The molecule has 1 fully saturated rings. The highest BCUT2D eigenvalue weighted by atomic mass is 16.4. The first kappa shape index (κ1) is 16.8. The number of carboxylic acids is 1. The molecule has 6 heteroatoms. The van der Waals surface area contributed by atoms with Crippen LogP contribution in [0.3, 0.4) is 0 Å². The molecule has 0 unspecified atom stereocenters. The second kappa shape index (κ2) is 8.09. The van der Waals surface area contributed by atoms with Gasteiger partial charge in [0, 0.05) is 19.6 Å². The zero-order valence-corrected chi connectivity index (χ0v) is 12.8. The molecule has 116 valence electrons. The molecule has 1 saturated carbocycles. The number of carbonyl (C=O) groups is 2. The molecule has 0 radical (unpaired) electrons. The Balaban J connectivity index is 2.54. The van der Waals surface area contributed by atoms with Gasteiger partial charge in [-0.25, -0.2) is 4.79 Å². The highest BCUT2D eigenvalue weighted by Crippen LogP contribution is 2.24. The van der Waals surface area contributed by atoms with Gasteiger partial charge in [-0.3, -0.25) is 4.79 Å². The lowest BCUT2D eigenvalue weighted by Gasteiger charge is -2.31. The lowest BCUT2D eigenvalue weighted by Crippen LogP contribution is -2.48. The summed E-state index contributed by atoms with van der Waals surface area (Å²) in [5.74, 6) is -0.938. The first-order valence-corrected chi connectivity index (χ1v) is 7.30. The Kier molecular flexibility index (Phi) is 6.78. The van der Waals surface area contributed by atoms with Crippen LogP contribution < -0.4 is 0 Å². The highest BCUT2D eigenvalue weighted by Gasteiger charge is 2.29. The minimum absolute atomic E-state index is 0.0925. The molecular formula is C14H27N3O3. The second-order valence-corrected chi connectivity index (χ2v) is 5.82. The molecule has 0 atom stereocenters. The number of urea groups is 1. The van der Waals surface area contributed by atoms with E-state index in [2.05, 4.69) is 4.90 Å². The van der Waals surface area contributed by atoms with E-state index in [0.717, 1.165) is 38.6 Å². The number of hydrogen-bond donors (Lipinski definition) is 1. The van der Waals surface area contributed by atoms with Gasteiger partial charge in [-0.2, -0.15) is 0 Å². The fourth-order valence-electron chi connectivity index (χ4n) is 2.65. The second-order valence-electron chi connectivity index (χ2n) is 5.82. The molecule has 0 saturated heterocycles. The molecule has 1 aliphatic rings. The summed E-state index contributed by atoms with van der Waals surface area (Å²) in [6.07, 6.45) is 4.90. The molecule has 20 heavy (non-hydrogen) atoms. The molecular weight excluding hydrogens is 258 g/mol. The topological polar surface area (TPSA) is 64.1 Å². The van der Waals surface area contributed by atoms with E-state index in [9.17, 15) is 9.59 Å². The molecule has 2 amide bonds. The predicted octanol–water partition coefficient (Wildman–Crippen LogP) is 1.32. The van der Waals surface area contributed by atoms with Gasteiger partial charge < -0.3 is 19.8 Å². The van der Waals surface area contributed by atoms with Gasteiger partial charge >= 0.3 is 12.0 Å². The smallest absolute Gasteiger partial charge is 0.323 e. The van der Waals surface area contributed by atoms with E-state index in [-0.39, 0.29) is 18.6 Å². The van der Waals surface area contributed by atoms with Crippen LogP contribution in [-0.4, -0.2) is 78.6 Å². The van der Waals surface area contributed by atoms with Crippen LogP contribution in [0.15, 0.2) is 0 Å². The minimum atomic E-state index is -0.938. The minimum Gasteiger partial charge on any atom is -0.480 e. The third kappa shape index (κ3) is 5.36. The number of nitrogens with zero attached hydrogens (tertiary/aromatic N) is 3. The molecule has 0 heterocycles. The largest absolute Gasteiger partial charge is 0.480 e. The van der Waals surface area contributed by atoms with E-state index in [4.69, 9.17) is 5.11 Å². The van der Waals surface area contributed by atoms with Crippen molar-refractivity contribution in [1.29, 1.82) is 0 Å². The van der Waals surface area contributed by atoms with Crippen LogP contribution in [0.25, 0.3) is 0 Å². The van der Waals surface area contributed by atoms with Gasteiger partial charge in [-0.15, -0.1) is 0 Å². The lowest BCUT2D eigenvalue weighted by atomic mass is 10.2. The Bertz CT molecular complexity index is 328. The number of hydrogen-bond acceptors (Lipinski definition) is 3. The van der Waals surface area contributed by atoms with Gasteiger partial charge in [-0.05, 0) is 39.9 Å². The number of carboxylic acid groups (broad SMARTS) is 1. The summed E-state index contributed by atoms with van der Waals surface area (Å²) >= 11 is 0. The average molecular weight is 285 g/mol. The Labute approximate surface area is 121 Å². The Hall–Kier alpha value is -1.30. The summed E-state index contributed by atoms with van der Waals surface area (Å²) in [5.41, 5.74) is 0. The Morgan fingerprint density at radius 2 is 1.70 bits per heavy atom. The van der Waals surface area contributed by atoms with Crippen LogP contribution in [0.5, 0.6) is 0 Å². The SMILES string of the molecule is CN(C)CCCN(C)C(=O)N(CC(=O)O)C1CCCC1. The van der Waals surface area contributed by atoms with Crippen molar-refractivity contribution in [1.82, 2.24) is 14.7 Å². The zero-order chi connectivity index (χ0) is 15.1. The monoisotopic (exact) mass is 285 g/mol. The van der Waals surface area contributed by atoms with E-state index < -0.39 is 5.97 Å². The van der Waals surface area contributed by atoms with Crippen molar-refractivity contribution in [2.75, 3.05) is 40.8 Å². The van der Waals surface area contributed by atoms with Crippen molar-refractivity contribution in [3.05, 3.63) is 0 Å².